The number of rotatable bonds is 6. The zero-order chi connectivity index (χ0) is 11.8. The van der Waals surface area contributed by atoms with Crippen LogP contribution >= 0.6 is 0 Å². The van der Waals surface area contributed by atoms with E-state index >= 15 is 0 Å². The number of hydrogen-bond acceptors (Lipinski definition) is 2. The third-order valence-electron chi connectivity index (χ3n) is 2.38. The molecule has 0 bridgehead atoms. The highest BCUT2D eigenvalue weighted by molar-refractivity contribution is 5.74. The molecule has 5 nitrogen and oxygen atoms in total. The maximum Gasteiger partial charge on any atom is 0.315 e. The molecule has 3 N–H and O–H groups in total. The van der Waals surface area contributed by atoms with E-state index in [1.54, 1.807) is 12.4 Å². The molecule has 0 aliphatic heterocycles. The number of carbonyl (C=O) groups excluding carboxylic acids is 1. The summed E-state index contributed by atoms with van der Waals surface area (Å²) in [6, 6.07) is -0.173. The van der Waals surface area contributed by atoms with Crippen molar-refractivity contribution in [3.05, 3.63) is 18.2 Å². The first-order valence-electron chi connectivity index (χ1n) is 5.81. The fraction of sp³-hybridized carbons (Fsp3) is 0.636. The lowest BCUT2D eigenvalue weighted by Crippen LogP contribution is -2.38. The summed E-state index contributed by atoms with van der Waals surface area (Å²) in [5, 5.41) is 5.70. The van der Waals surface area contributed by atoms with Crippen LogP contribution in [0.1, 0.15) is 45.0 Å². The summed E-state index contributed by atoms with van der Waals surface area (Å²) >= 11 is 0. The fourth-order valence-electron chi connectivity index (χ4n) is 1.42. The number of carbonyl (C=O) groups is 1. The Hall–Kier alpha value is -1.52. The van der Waals surface area contributed by atoms with E-state index in [-0.39, 0.29) is 12.1 Å². The zero-order valence-electron chi connectivity index (χ0n) is 9.92. The number of urea groups is 1. The van der Waals surface area contributed by atoms with Crippen LogP contribution < -0.4 is 10.6 Å². The first-order valence-corrected chi connectivity index (χ1v) is 5.81. The largest absolute Gasteiger partial charge is 0.347 e. The number of hydrogen-bond donors (Lipinski definition) is 3. The Balaban J connectivity index is 2.36. The third-order valence-corrected chi connectivity index (χ3v) is 2.38. The maximum absolute atomic E-state index is 11.5. The van der Waals surface area contributed by atoms with E-state index < -0.39 is 0 Å². The van der Waals surface area contributed by atoms with Crippen molar-refractivity contribution >= 4 is 6.03 Å². The van der Waals surface area contributed by atoms with Crippen LogP contribution in [0.2, 0.25) is 0 Å². The monoisotopic (exact) mass is 224 g/mol. The number of H-pyrrole nitrogens is 1. The van der Waals surface area contributed by atoms with Crippen LogP contribution in [0.4, 0.5) is 4.79 Å². The smallest absolute Gasteiger partial charge is 0.315 e. The molecule has 0 aliphatic carbocycles. The van der Waals surface area contributed by atoms with Gasteiger partial charge in [-0.15, -0.1) is 0 Å². The molecule has 0 spiro atoms. The van der Waals surface area contributed by atoms with E-state index in [4.69, 9.17) is 0 Å². The molecule has 0 aromatic carbocycles. The van der Waals surface area contributed by atoms with Crippen LogP contribution in [0.15, 0.2) is 12.4 Å². The summed E-state index contributed by atoms with van der Waals surface area (Å²) in [6.07, 6.45) is 6.35. The van der Waals surface area contributed by atoms with E-state index in [1.807, 2.05) is 6.92 Å². The van der Waals surface area contributed by atoms with Crippen molar-refractivity contribution in [2.75, 3.05) is 6.54 Å². The second-order valence-electron chi connectivity index (χ2n) is 3.69. The summed E-state index contributed by atoms with van der Waals surface area (Å²) in [5.74, 6) is 0.799. The highest BCUT2D eigenvalue weighted by Gasteiger charge is 2.13. The minimum atomic E-state index is -0.128. The summed E-state index contributed by atoms with van der Waals surface area (Å²) in [5.41, 5.74) is 0. The Labute approximate surface area is 96.0 Å². The second kappa shape index (κ2) is 6.87. The summed E-state index contributed by atoms with van der Waals surface area (Å²) in [7, 11) is 0. The Bertz CT molecular complexity index is 297. The topological polar surface area (TPSA) is 69.8 Å². The molecule has 2 amide bonds. The first-order chi connectivity index (χ1) is 7.77. The van der Waals surface area contributed by atoms with Gasteiger partial charge in [-0.05, 0) is 12.8 Å². The normalized spacial score (nSPS) is 12.1. The second-order valence-corrected chi connectivity index (χ2v) is 3.69. The fourth-order valence-corrected chi connectivity index (χ4v) is 1.42. The van der Waals surface area contributed by atoms with Gasteiger partial charge < -0.3 is 15.6 Å². The summed E-state index contributed by atoms with van der Waals surface area (Å²) < 4.78 is 0. The molecule has 0 saturated carbocycles. The third kappa shape index (κ3) is 3.92. The van der Waals surface area contributed by atoms with E-state index in [0.29, 0.717) is 0 Å². The van der Waals surface area contributed by atoms with Crippen LogP contribution in [0.25, 0.3) is 0 Å². The SMILES string of the molecule is CCCCNC(=O)NC(CC)c1ncc[nH]1. The van der Waals surface area contributed by atoms with Gasteiger partial charge in [0.15, 0.2) is 0 Å². The number of amides is 2. The van der Waals surface area contributed by atoms with Crippen LogP contribution in [-0.4, -0.2) is 22.5 Å². The Morgan fingerprint density at radius 3 is 2.94 bits per heavy atom. The predicted molar refractivity (Wildman–Crippen MR) is 63.1 cm³/mol. The molecule has 1 aromatic heterocycles. The van der Waals surface area contributed by atoms with E-state index in [0.717, 1.165) is 31.6 Å². The molecule has 16 heavy (non-hydrogen) atoms. The molecule has 0 saturated heterocycles. The maximum atomic E-state index is 11.5. The molecule has 1 heterocycles. The molecule has 5 heteroatoms. The average Bonchev–Trinajstić information content (AvgIpc) is 2.79. The van der Waals surface area contributed by atoms with Gasteiger partial charge >= 0.3 is 6.03 Å². The van der Waals surface area contributed by atoms with Gasteiger partial charge in [-0.2, -0.15) is 0 Å². The molecular weight excluding hydrogens is 204 g/mol. The van der Waals surface area contributed by atoms with Crippen molar-refractivity contribution in [1.82, 2.24) is 20.6 Å². The van der Waals surface area contributed by atoms with Crippen molar-refractivity contribution in [2.24, 2.45) is 0 Å². The Morgan fingerprint density at radius 1 is 1.56 bits per heavy atom. The quantitative estimate of drug-likeness (QED) is 0.646. The van der Waals surface area contributed by atoms with Crippen LogP contribution in [0.5, 0.6) is 0 Å². The summed E-state index contributed by atoms with van der Waals surface area (Å²) in [6.45, 7) is 4.83. The van der Waals surface area contributed by atoms with Crippen molar-refractivity contribution < 1.29 is 4.79 Å². The molecule has 1 rings (SSSR count). The molecular formula is C11H20N4O. The molecule has 0 radical (unpaired) electrons. The standard InChI is InChI=1S/C11H20N4O/c1-3-5-6-14-11(16)15-9(4-2)10-12-7-8-13-10/h7-9H,3-6H2,1-2H3,(H,12,13)(H2,14,15,16). The molecule has 90 valence electrons. The zero-order valence-corrected chi connectivity index (χ0v) is 9.92. The predicted octanol–water partition coefficient (Wildman–Crippen LogP) is 1.96. The molecule has 1 aromatic rings. The number of imidazole rings is 1. The van der Waals surface area contributed by atoms with Gasteiger partial charge in [-0.3, -0.25) is 0 Å². The van der Waals surface area contributed by atoms with E-state index in [9.17, 15) is 4.79 Å². The van der Waals surface area contributed by atoms with Gasteiger partial charge in [0, 0.05) is 18.9 Å². The van der Waals surface area contributed by atoms with Gasteiger partial charge in [0.05, 0.1) is 6.04 Å². The minimum Gasteiger partial charge on any atom is -0.347 e. The van der Waals surface area contributed by atoms with Crippen LogP contribution in [0.3, 0.4) is 0 Å². The van der Waals surface area contributed by atoms with Gasteiger partial charge in [-0.1, -0.05) is 20.3 Å². The summed E-state index contributed by atoms with van der Waals surface area (Å²) in [4.78, 5) is 18.7. The highest BCUT2D eigenvalue weighted by Crippen LogP contribution is 2.10. The lowest BCUT2D eigenvalue weighted by atomic mass is 10.2. The highest BCUT2D eigenvalue weighted by atomic mass is 16.2. The molecule has 1 atom stereocenters. The average molecular weight is 224 g/mol. The first kappa shape index (κ1) is 12.5. The lowest BCUT2D eigenvalue weighted by Gasteiger charge is -2.15. The van der Waals surface area contributed by atoms with Gasteiger partial charge in [0.25, 0.3) is 0 Å². The van der Waals surface area contributed by atoms with Crippen LogP contribution in [-0.2, 0) is 0 Å². The number of nitrogens with one attached hydrogen (secondary N) is 3. The Kier molecular flexibility index (Phi) is 5.39. The van der Waals surface area contributed by atoms with Crippen LogP contribution in [0, 0.1) is 0 Å². The van der Waals surface area contributed by atoms with Crippen molar-refractivity contribution in [3.8, 4) is 0 Å². The Morgan fingerprint density at radius 2 is 2.38 bits per heavy atom. The number of aromatic nitrogens is 2. The number of nitrogens with zero attached hydrogens (tertiary/aromatic N) is 1. The molecule has 0 aliphatic rings. The minimum absolute atomic E-state index is 0.0448. The van der Waals surface area contributed by atoms with E-state index in [2.05, 4.69) is 27.5 Å². The van der Waals surface area contributed by atoms with Gasteiger partial charge in [0.2, 0.25) is 0 Å². The molecule has 0 fully saturated rings. The van der Waals surface area contributed by atoms with Crippen molar-refractivity contribution in [3.63, 3.8) is 0 Å². The molecule has 1 unspecified atom stereocenters. The van der Waals surface area contributed by atoms with Gasteiger partial charge in [0.1, 0.15) is 5.82 Å². The van der Waals surface area contributed by atoms with Crippen molar-refractivity contribution in [2.45, 2.75) is 39.2 Å². The number of aromatic amines is 1. The van der Waals surface area contributed by atoms with Crippen molar-refractivity contribution in [1.29, 1.82) is 0 Å². The van der Waals surface area contributed by atoms with E-state index in [1.165, 1.54) is 0 Å². The number of unbranched alkanes of at least 4 members (excludes halogenated alkanes) is 1. The lowest BCUT2D eigenvalue weighted by molar-refractivity contribution is 0.236. The van der Waals surface area contributed by atoms with Gasteiger partial charge in [-0.25, -0.2) is 9.78 Å².